The van der Waals surface area contributed by atoms with Crippen LogP contribution in [0.5, 0.6) is 0 Å². The SMILES string of the molecule is CC(Br)c1cnn(-c2ccccc2)c1. The average Bonchev–Trinajstić information content (AvgIpc) is 2.68. The second-order valence-electron chi connectivity index (χ2n) is 3.17. The molecule has 72 valence electrons. The predicted octanol–water partition coefficient (Wildman–Crippen LogP) is 3.33. The number of aromatic nitrogens is 2. The maximum atomic E-state index is 4.29. The van der Waals surface area contributed by atoms with Gasteiger partial charge in [-0.2, -0.15) is 5.10 Å². The van der Waals surface area contributed by atoms with Crippen LogP contribution in [0.1, 0.15) is 17.3 Å². The zero-order valence-electron chi connectivity index (χ0n) is 7.89. The van der Waals surface area contributed by atoms with Gasteiger partial charge in [0.15, 0.2) is 0 Å². The number of hydrogen-bond acceptors (Lipinski definition) is 1. The first-order chi connectivity index (χ1) is 6.77. The molecule has 0 amide bonds. The standard InChI is InChI=1S/C11H11BrN2/c1-9(12)10-7-13-14(8-10)11-5-3-2-4-6-11/h2-9H,1H3. The second-order valence-corrected chi connectivity index (χ2v) is 4.54. The molecule has 2 nitrogen and oxygen atoms in total. The van der Waals surface area contributed by atoms with Crippen LogP contribution in [0.2, 0.25) is 0 Å². The normalized spacial score (nSPS) is 12.7. The van der Waals surface area contributed by atoms with Crippen molar-refractivity contribution in [3.8, 4) is 5.69 Å². The van der Waals surface area contributed by atoms with Gasteiger partial charge in [-0.25, -0.2) is 4.68 Å². The highest BCUT2D eigenvalue weighted by molar-refractivity contribution is 9.09. The summed E-state index contributed by atoms with van der Waals surface area (Å²) in [6.45, 7) is 2.09. The maximum Gasteiger partial charge on any atom is 0.0645 e. The number of para-hydroxylation sites is 1. The van der Waals surface area contributed by atoms with E-state index in [1.165, 1.54) is 5.56 Å². The number of halogens is 1. The van der Waals surface area contributed by atoms with E-state index in [9.17, 15) is 0 Å². The third kappa shape index (κ3) is 1.87. The van der Waals surface area contributed by atoms with Crippen LogP contribution >= 0.6 is 15.9 Å². The molecule has 0 saturated carbocycles. The molecule has 1 aromatic heterocycles. The highest BCUT2D eigenvalue weighted by Gasteiger charge is 2.04. The molecule has 0 saturated heterocycles. The molecule has 0 aliphatic heterocycles. The Balaban J connectivity index is 2.34. The summed E-state index contributed by atoms with van der Waals surface area (Å²) in [5, 5.41) is 4.29. The van der Waals surface area contributed by atoms with Crippen molar-refractivity contribution in [3.05, 3.63) is 48.3 Å². The fourth-order valence-corrected chi connectivity index (χ4v) is 1.50. The highest BCUT2D eigenvalue weighted by atomic mass is 79.9. The molecule has 1 aromatic carbocycles. The summed E-state index contributed by atoms with van der Waals surface area (Å²) in [5.41, 5.74) is 2.28. The Bertz CT molecular complexity index is 406. The van der Waals surface area contributed by atoms with Crippen molar-refractivity contribution in [2.75, 3.05) is 0 Å². The lowest BCUT2D eigenvalue weighted by Gasteiger charge is -1.99. The Hall–Kier alpha value is -1.09. The zero-order valence-corrected chi connectivity index (χ0v) is 9.48. The van der Waals surface area contributed by atoms with Gasteiger partial charge in [0.25, 0.3) is 0 Å². The minimum Gasteiger partial charge on any atom is -0.241 e. The molecule has 0 fully saturated rings. The van der Waals surface area contributed by atoms with E-state index in [1.807, 2.05) is 47.4 Å². The third-order valence-electron chi connectivity index (χ3n) is 2.08. The molecule has 1 unspecified atom stereocenters. The smallest absolute Gasteiger partial charge is 0.0645 e. The van der Waals surface area contributed by atoms with Gasteiger partial charge in [-0.15, -0.1) is 0 Å². The van der Waals surface area contributed by atoms with Gasteiger partial charge in [0.1, 0.15) is 0 Å². The summed E-state index contributed by atoms with van der Waals surface area (Å²) < 4.78 is 1.88. The molecular weight excluding hydrogens is 240 g/mol. The van der Waals surface area contributed by atoms with Crippen LogP contribution in [-0.4, -0.2) is 9.78 Å². The molecule has 0 spiro atoms. The summed E-state index contributed by atoms with van der Waals surface area (Å²) in [5.74, 6) is 0. The summed E-state index contributed by atoms with van der Waals surface area (Å²) >= 11 is 3.52. The van der Waals surface area contributed by atoms with Crippen LogP contribution in [-0.2, 0) is 0 Å². The van der Waals surface area contributed by atoms with E-state index in [4.69, 9.17) is 0 Å². The molecule has 3 heteroatoms. The quantitative estimate of drug-likeness (QED) is 0.748. The topological polar surface area (TPSA) is 17.8 Å². The van der Waals surface area contributed by atoms with E-state index in [-0.39, 0.29) is 0 Å². The van der Waals surface area contributed by atoms with Crippen LogP contribution in [0, 0.1) is 0 Å². The lowest BCUT2D eigenvalue weighted by Crippen LogP contribution is -1.92. The zero-order chi connectivity index (χ0) is 9.97. The Labute approximate surface area is 91.7 Å². The van der Waals surface area contributed by atoms with Crippen LogP contribution in [0.3, 0.4) is 0 Å². The number of alkyl halides is 1. The molecule has 0 N–H and O–H groups in total. The Morgan fingerprint density at radius 1 is 1.29 bits per heavy atom. The monoisotopic (exact) mass is 250 g/mol. The van der Waals surface area contributed by atoms with E-state index in [0.29, 0.717) is 4.83 Å². The van der Waals surface area contributed by atoms with Gasteiger partial charge in [-0.3, -0.25) is 0 Å². The van der Waals surface area contributed by atoms with E-state index in [1.54, 1.807) is 0 Å². The van der Waals surface area contributed by atoms with Crippen LogP contribution in [0.15, 0.2) is 42.7 Å². The molecular formula is C11H11BrN2. The summed E-state index contributed by atoms with van der Waals surface area (Å²) in [4.78, 5) is 0.347. The van der Waals surface area contributed by atoms with Gasteiger partial charge in [0, 0.05) is 16.6 Å². The Kier molecular flexibility index (Phi) is 2.68. The predicted molar refractivity (Wildman–Crippen MR) is 60.9 cm³/mol. The van der Waals surface area contributed by atoms with Crippen LogP contribution in [0.25, 0.3) is 5.69 Å². The maximum absolute atomic E-state index is 4.29. The minimum atomic E-state index is 0.347. The molecule has 2 rings (SSSR count). The van der Waals surface area contributed by atoms with Crippen molar-refractivity contribution >= 4 is 15.9 Å². The van der Waals surface area contributed by atoms with Crippen molar-refractivity contribution in [1.82, 2.24) is 9.78 Å². The first kappa shape index (κ1) is 9.46. The van der Waals surface area contributed by atoms with E-state index >= 15 is 0 Å². The van der Waals surface area contributed by atoms with Crippen molar-refractivity contribution in [1.29, 1.82) is 0 Å². The molecule has 0 aliphatic rings. The number of rotatable bonds is 2. The van der Waals surface area contributed by atoms with Gasteiger partial charge in [0.05, 0.1) is 11.9 Å². The van der Waals surface area contributed by atoms with Crippen molar-refractivity contribution in [2.45, 2.75) is 11.8 Å². The molecule has 0 aliphatic carbocycles. The Morgan fingerprint density at radius 2 is 2.00 bits per heavy atom. The summed E-state index contributed by atoms with van der Waals surface area (Å²) in [7, 11) is 0. The highest BCUT2D eigenvalue weighted by Crippen LogP contribution is 2.21. The Morgan fingerprint density at radius 3 is 2.57 bits per heavy atom. The lowest BCUT2D eigenvalue weighted by atomic mass is 10.3. The molecule has 2 aromatic rings. The van der Waals surface area contributed by atoms with E-state index < -0.39 is 0 Å². The summed E-state index contributed by atoms with van der Waals surface area (Å²) in [6, 6.07) is 10.1. The summed E-state index contributed by atoms with van der Waals surface area (Å²) in [6.07, 6.45) is 3.92. The average molecular weight is 251 g/mol. The van der Waals surface area contributed by atoms with Gasteiger partial charge in [0.2, 0.25) is 0 Å². The second kappa shape index (κ2) is 3.96. The van der Waals surface area contributed by atoms with Crippen molar-refractivity contribution in [3.63, 3.8) is 0 Å². The first-order valence-electron chi connectivity index (χ1n) is 4.51. The van der Waals surface area contributed by atoms with E-state index in [0.717, 1.165) is 5.69 Å². The molecule has 0 radical (unpaired) electrons. The van der Waals surface area contributed by atoms with E-state index in [2.05, 4.69) is 28.0 Å². The fourth-order valence-electron chi connectivity index (χ4n) is 1.26. The number of benzene rings is 1. The van der Waals surface area contributed by atoms with Crippen molar-refractivity contribution < 1.29 is 0 Å². The number of hydrogen-bond donors (Lipinski definition) is 0. The van der Waals surface area contributed by atoms with Crippen molar-refractivity contribution in [2.24, 2.45) is 0 Å². The minimum absolute atomic E-state index is 0.347. The fraction of sp³-hybridized carbons (Fsp3) is 0.182. The lowest BCUT2D eigenvalue weighted by molar-refractivity contribution is 0.880. The molecule has 1 heterocycles. The van der Waals surface area contributed by atoms with Gasteiger partial charge in [-0.05, 0) is 19.1 Å². The largest absolute Gasteiger partial charge is 0.241 e. The molecule has 14 heavy (non-hydrogen) atoms. The van der Waals surface area contributed by atoms with Gasteiger partial charge in [-0.1, -0.05) is 34.1 Å². The van der Waals surface area contributed by atoms with Crippen LogP contribution in [0.4, 0.5) is 0 Å². The van der Waals surface area contributed by atoms with Gasteiger partial charge >= 0.3 is 0 Å². The molecule has 0 bridgehead atoms. The first-order valence-corrected chi connectivity index (χ1v) is 5.43. The number of nitrogens with zero attached hydrogens (tertiary/aromatic N) is 2. The van der Waals surface area contributed by atoms with Crippen LogP contribution < -0.4 is 0 Å². The van der Waals surface area contributed by atoms with Gasteiger partial charge < -0.3 is 0 Å². The third-order valence-corrected chi connectivity index (χ3v) is 2.61. The molecule has 1 atom stereocenters.